The summed E-state index contributed by atoms with van der Waals surface area (Å²) in [5.74, 6) is 4.78. The number of anilines is 1. The number of halogens is 1. The van der Waals surface area contributed by atoms with Crippen molar-refractivity contribution in [1.82, 2.24) is 15.0 Å². The lowest BCUT2D eigenvalue weighted by Crippen LogP contribution is -2.05. The number of nitrogen functional groups attached to an aromatic ring is 1. The summed E-state index contributed by atoms with van der Waals surface area (Å²) in [7, 11) is 0. The largest absolute Gasteiger partial charge is 0.481 e. The van der Waals surface area contributed by atoms with Gasteiger partial charge in [0.05, 0.1) is 0 Å². The standard InChI is InChI=1S/2C13H15N.C13H11N.C7H10N2.C6H10O.C2H4O2.CH4.ClH/c3*1-9-6-7-13-11(8-9)10-4-2-3-5-12(10)14-13;1-6-2-4-7(9-8)5-3-6;7-6-4-2-1-3-5-6;1-2(3)4;;/h2*6-8,14H,2-5H2,1H3;2-8,14H,1H3;2-5,9H,8H2,1H3;1-5H2;1H3,(H,3,4);1H4;1H. The lowest BCUT2D eigenvalue weighted by molar-refractivity contribution is -0.134. The van der Waals surface area contributed by atoms with E-state index in [4.69, 9.17) is 15.7 Å². The Morgan fingerprint density at radius 2 is 0.906 bits per heavy atom. The van der Waals surface area contributed by atoms with Crippen LogP contribution < -0.4 is 11.3 Å². The van der Waals surface area contributed by atoms with Crippen molar-refractivity contribution in [3.05, 3.63) is 148 Å². The molecule has 1 saturated carbocycles. The number of ketones is 1. The van der Waals surface area contributed by atoms with E-state index in [2.05, 4.69) is 120 Å². The molecule has 0 amide bonds. The minimum Gasteiger partial charge on any atom is -0.481 e. The molecule has 64 heavy (non-hydrogen) atoms. The highest BCUT2D eigenvalue weighted by atomic mass is 35.5. The predicted molar refractivity (Wildman–Crippen MR) is 274 cm³/mol. The number of carboxylic acid groups (broad SMARTS) is 1. The smallest absolute Gasteiger partial charge is 0.300 e. The van der Waals surface area contributed by atoms with Crippen LogP contribution in [0.25, 0.3) is 43.6 Å². The number of H-pyrrole nitrogens is 3. The number of Topliss-reactive ketones (excluding diaryl/α,β-unsaturated/α-hetero) is 1. The fourth-order valence-electron chi connectivity index (χ4n) is 8.60. The second-order valence-corrected chi connectivity index (χ2v) is 17.0. The molecule has 3 aliphatic carbocycles. The average molecular weight is 885 g/mol. The van der Waals surface area contributed by atoms with E-state index in [0.717, 1.165) is 38.3 Å². The number of para-hydroxylation sites is 1. The van der Waals surface area contributed by atoms with Gasteiger partial charge in [-0.05, 0) is 158 Å². The van der Waals surface area contributed by atoms with Gasteiger partial charge in [-0.25, -0.2) is 0 Å². The van der Waals surface area contributed by atoms with Gasteiger partial charge in [-0.15, -0.1) is 12.4 Å². The van der Waals surface area contributed by atoms with Crippen molar-refractivity contribution < 1.29 is 14.7 Å². The maximum atomic E-state index is 10.5. The van der Waals surface area contributed by atoms with Crippen LogP contribution >= 0.6 is 12.4 Å². The molecule has 8 nitrogen and oxygen atoms in total. The van der Waals surface area contributed by atoms with Gasteiger partial charge in [0.25, 0.3) is 5.97 Å². The number of carbonyl (C=O) groups excluding carboxylic acids is 1. The number of aromatic nitrogens is 3. The van der Waals surface area contributed by atoms with E-state index in [-0.39, 0.29) is 19.8 Å². The van der Waals surface area contributed by atoms with Gasteiger partial charge < -0.3 is 25.5 Å². The second-order valence-electron chi connectivity index (χ2n) is 17.0. The number of aliphatic carboxylic acids is 1. The van der Waals surface area contributed by atoms with E-state index in [0.29, 0.717) is 5.78 Å². The number of rotatable bonds is 1. The number of hydrogen-bond acceptors (Lipinski definition) is 4. The van der Waals surface area contributed by atoms with Crippen molar-refractivity contribution in [2.45, 2.75) is 126 Å². The molecule has 11 rings (SSSR count). The predicted octanol–water partition coefficient (Wildman–Crippen LogP) is 14.3. The van der Waals surface area contributed by atoms with E-state index < -0.39 is 5.97 Å². The number of hydrogen-bond donors (Lipinski definition) is 6. The minimum absolute atomic E-state index is 0. The Kier molecular flexibility index (Phi) is 19.7. The molecule has 3 aliphatic rings. The normalized spacial score (nSPS) is 13.5. The van der Waals surface area contributed by atoms with Gasteiger partial charge in [-0.2, -0.15) is 0 Å². The zero-order chi connectivity index (χ0) is 44.0. The Bertz CT molecular complexity index is 2620. The number of nitrogens with two attached hydrogens (primary N) is 1. The van der Waals surface area contributed by atoms with Crippen LogP contribution in [0.4, 0.5) is 5.69 Å². The first kappa shape index (κ1) is 50.8. The molecule has 3 aromatic heterocycles. The number of fused-ring (bicyclic) bond motifs is 9. The van der Waals surface area contributed by atoms with Crippen LogP contribution in [0.2, 0.25) is 0 Å². The molecule has 0 radical (unpaired) electrons. The van der Waals surface area contributed by atoms with E-state index in [9.17, 15) is 4.79 Å². The quantitative estimate of drug-likeness (QED) is 0.0720. The molecule has 340 valence electrons. The van der Waals surface area contributed by atoms with Crippen LogP contribution in [0.15, 0.2) is 103 Å². The molecule has 0 aliphatic heterocycles. The molecule has 3 heterocycles. The molecule has 0 unspecified atom stereocenters. The Morgan fingerprint density at radius 1 is 0.516 bits per heavy atom. The number of hydrazine groups is 1. The number of aromatic amines is 3. The molecule has 8 aromatic rings. The van der Waals surface area contributed by atoms with Gasteiger partial charge >= 0.3 is 0 Å². The summed E-state index contributed by atoms with van der Waals surface area (Å²) >= 11 is 0. The van der Waals surface area contributed by atoms with Crippen molar-refractivity contribution >= 4 is 73.5 Å². The van der Waals surface area contributed by atoms with E-state index in [1.54, 1.807) is 11.1 Å². The summed E-state index contributed by atoms with van der Waals surface area (Å²) in [4.78, 5) is 30.0. The first-order chi connectivity index (χ1) is 30.0. The molecule has 0 saturated heterocycles. The van der Waals surface area contributed by atoms with Gasteiger partial charge in [-0.1, -0.05) is 84.6 Å². The van der Waals surface area contributed by atoms with E-state index in [1.165, 1.54) is 135 Å². The Hall–Kier alpha value is -5.83. The molecule has 0 bridgehead atoms. The molecular formula is C55H70ClN5O3. The Labute approximate surface area is 386 Å². The highest BCUT2D eigenvalue weighted by Gasteiger charge is 2.16. The Morgan fingerprint density at radius 3 is 1.36 bits per heavy atom. The van der Waals surface area contributed by atoms with Crippen LogP contribution in [0.3, 0.4) is 0 Å². The van der Waals surface area contributed by atoms with Gasteiger partial charge in [0.2, 0.25) is 0 Å². The number of carboxylic acids is 1. The number of aryl methyl sites for hydroxylation is 8. The van der Waals surface area contributed by atoms with Crippen molar-refractivity contribution in [3.8, 4) is 0 Å². The third-order valence-corrected chi connectivity index (χ3v) is 11.8. The highest BCUT2D eigenvalue weighted by molar-refractivity contribution is 6.07. The number of carbonyl (C=O) groups is 2. The molecule has 9 heteroatoms. The van der Waals surface area contributed by atoms with Crippen LogP contribution in [-0.4, -0.2) is 31.8 Å². The summed E-state index contributed by atoms with van der Waals surface area (Å²) in [6, 6.07) is 36.2. The first-order valence-electron chi connectivity index (χ1n) is 22.4. The van der Waals surface area contributed by atoms with Crippen LogP contribution in [0.5, 0.6) is 0 Å². The molecular weight excluding hydrogens is 814 g/mol. The monoisotopic (exact) mass is 884 g/mol. The topological polar surface area (TPSA) is 140 Å². The fraction of sp³-hybridized carbons (Fsp3) is 0.345. The van der Waals surface area contributed by atoms with Crippen molar-refractivity contribution in [2.75, 3.05) is 5.43 Å². The first-order valence-corrected chi connectivity index (χ1v) is 22.4. The minimum atomic E-state index is -0.833. The van der Waals surface area contributed by atoms with Gasteiger partial charge in [0, 0.05) is 80.5 Å². The Balaban J connectivity index is 0.000000174. The summed E-state index contributed by atoms with van der Waals surface area (Å²) in [6.07, 6.45) is 15.6. The molecule has 5 aromatic carbocycles. The SMILES string of the molecule is C.CC(=O)O.Cc1ccc(NN)cc1.Cc1ccc2[nH]c3c(c2c1)CCCC3.Cc1ccc2[nH]c3c(c2c1)CCCC3.Cc1ccc2[nH]c3ccccc3c2c1.Cl.O=C1CCCCC1. The van der Waals surface area contributed by atoms with Gasteiger partial charge in [-0.3, -0.25) is 15.4 Å². The average Bonchev–Trinajstić information content (AvgIpc) is 3.96. The summed E-state index contributed by atoms with van der Waals surface area (Å²) in [5, 5.41) is 13.0. The van der Waals surface area contributed by atoms with E-state index >= 15 is 0 Å². The third-order valence-electron chi connectivity index (χ3n) is 11.8. The zero-order valence-corrected chi connectivity index (χ0v) is 38.6. The number of benzene rings is 5. The highest BCUT2D eigenvalue weighted by Crippen LogP contribution is 2.31. The van der Waals surface area contributed by atoms with Crippen molar-refractivity contribution in [1.29, 1.82) is 0 Å². The molecule has 0 spiro atoms. The second kappa shape index (κ2) is 24.9. The van der Waals surface area contributed by atoms with Crippen LogP contribution in [0.1, 0.15) is 117 Å². The molecule has 1 fully saturated rings. The lowest BCUT2D eigenvalue weighted by Gasteiger charge is -2.10. The van der Waals surface area contributed by atoms with Crippen LogP contribution in [0, 0.1) is 27.7 Å². The maximum absolute atomic E-state index is 10.5. The summed E-state index contributed by atoms with van der Waals surface area (Å²) in [6.45, 7) is 9.59. The van der Waals surface area contributed by atoms with Gasteiger partial charge in [0.15, 0.2) is 0 Å². The molecule has 7 N–H and O–H groups in total. The third kappa shape index (κ3) is 14.1. The van der Waals surface area contributed by atoms with Crippen molar-refractivity contribution in [3.63, 3.8) is 0 Å². The van der Waals surface area contributed by atoms with Crippen molar-refractivity contribution in [2.24, 2.45) is 5.84 Å². The maximum Gasteiger partial charge on any atom is 0.300 e. The molecule has 0 atom stereocenters. The summed E-state index contributed by atoms with van der Waals surface area (Å²) in [5.41, 5.74) is 20.0. The zero-order valence-electron chi connectivity index (χ0n) is 37.8. The number of nitrogens with one attached hydrogen (secondary N) is 4. The van der Waals surface area contributed by atoms with E-state index in [1.807, 2.05) is 31.2 Å². The van der Waals surface area contributed by atoms with Gasteiger partial charge in [0.1, 0.15) is 5.78 Å². The summed E-state index contributed by atoms with van der Waals surface area (Å²) < 4.78 is 0. The van der Waals surface area contributed by atoms with Crippen LogP contribution in [-0.2, 0) is 35.3 Å². The lowest BCUT2D eigenvalue weighted by atomic mass is 9.95. The fourth-order valence-corrected chi connectivity index (χ4v) is 8.60.